The smallest absolute Gasteiger partial charge is 0.0638 e. The zero-order valence-corrected chi connectivity index (χ0v) is 9.22. The molecule has 0 aliphatic heterocycles. The van der Waals surface area contributed by atoms with Crippen LogP contribution in [0.3, 0.4) is 0 Å². The lowest BCUT2D eigenvalue weighted by atomic mass is 10.1. The Hall–Kier alpha value is -1.86. The van der Waals surface area contributed by atoms with Gasteiger partial charge in [-0.3, -0.25) is 0 Å². The minimum absolute atomic E-state index is 0.0649. The van der Waals surface area contributed by atoms with Crippen LogP contribution in [-0.2, 0) is 0 Å². The molecule has 17 heavy (non-hydrogen) atoms. The van der Waals surface area contributed by atoms with Crippen LogP contribution in [0.5, 0.6) is 0 Å². The van der Waals surface area contributed by atoms with E-state index in [1.807, 2.05) is 0 Å². The van der Waals surface area contributed by atoms with E-state index in [1.54, 1.807) is 0 Å². The van der Waals surface area contributed by atoms with Crippen molar-refractivity contribution in [1.29, 1.82) is 0 Å². The summed E-state index contributed by atoms with van der Waals surface area (Å²) in [5, 5.41) is 0.203. The van der Waals surface area contributed by atoms with Crippen LogP contribution >= 0.6 is 11.3 Å². The van der Waals surface area contributed by atoms with E-state index in [4.69, 9.17) is 13.7 Å². The molecule has 1 heteroatoms. The fourth-order valence-corrected chi connectivity index (χ4v) is 2.89. The van der Waals surface area contributed by atoms with Crippen LogP contribution < -0.4 is 0 Å². The Morgan fingerprint density at radius 1 is 0.706 bits per heavy atom. The molecule has 0 saturated heterocycles. The first-order chi connectivity index (χ1) is 12.6. The van der Waals surface area contributed by atoms with E-state index in [0.29, 0.717) is 0 Å². The third-order valence-corrected chi connectivity index (χ3v) is 3.68. The number of hydrogen-bond acceptors (Lipinski definition) is 1. The highest BCUT2D eigenvalue weighted by atomic mass is 32.1. The van der Waals surface area contributed by atoms with E-state index in [1.165, 1.54) is 0 Å². The van der Waals surface area contributed by atoms with Gasteiger partial charge in [-0.05, 0) is 16.8 Å². The van der Waals surface area contributed by atoms with Gasteiger partial charge in [0.15, 0.2) is 0 Å². The number of benzene rings is 3. The average molecular weight is 244 g/mol. The Labute approximate surface area is 117 Å². The number of fused-ring (bicyclic) bond motifs is 5. The molecular weight excluding hydrogens is 224 g/mol. The van der Waals surface area contributed by atoms with Gasteiger partial charge in [-0.1, -0.05) is 54.4 Å². The predicted molar refractivity (Wildman–Crippen MR) is 76.8 cm³/mol. The molecular formula is C16H10S. The molecule has 0 atom stereocenters. The normalized spacial score (nSPS) is 19.8. The maximum Gasteiger partial charge on any atom is 0.0638 e. The van der Waals surface area contributed by atoms with Crippen LogP contribution in [0.15, 0.2) is 60.4 Å². The monoisotopic (exact) mass is 244 g/mol. The van der Waals surface area contributed by atoms with E-state index in [2.05, 4.69) is 0 Å². The summed E-state index contributed by atoms with van der Waals surface area (Å²) in [6, 6.07) is -3.91. The number of thiophene rings is 1. The molecule has 4 rings (SSSR count). The SMILES string of the molecule is [2H]c1c([2H])c([2H])c2c(sc3c4c([2H])c([2H])c([2H])c([2H])c4c([2H])c([2H])c32)c1[2H]. The summed E-state index contributed by atoms with van der Waals surface area (Å²) in [5.74, 6) is 0. The van der Waals surface area contributed by atoms with Crippen molar-refractivity contribution in [1.82, 2.24) is 0 Å². The van der Waals surface area contributed by atoms with Crippen LogP contribution in [0.25, 0.3) is 30.9 Å². The van der Waals surface area contributed by atoms with Crippen molar-refractivity contribution in [3.8, 4) is 0 Å². The van der Waals surface area contributed by atoms with Gasteiger partial charge in [0.25, 0.3) is 0 Å². The first-order valence-electron chi connectivity index (χ1n) is 9.91. The highest BCUT2D eigenvalue weighted by Gasteiger charge is 2.06. The summed E-state index contributed by atoms with van der Waals surface area (Å²) in [4.78, 5) is 0. The van der Waals surface area contributed by atoms with Gasteiger partial charge in [-0.25, -0.2) is 0 Å². The van der Waals surface area contributed by atoms with Crippen LogP contribution in [0, 0.1) is 0 Å². The second kappa shape index (κ2) is 3.31. The molecule has 0 unspecified atom stereocenters. The van der Waals surface area contributed by atoms with Crippen molar-refractivity contribution < 1.29 is 13.7 Å². The summed E-state index contributed by atoms with van der Waals surface area (Å²) >= 11 is 0.953. The molecule has 0 aliphatic carbocycles. The van der Waals surface area contributed by atoms with Gasteiger partial charge < -0.3 is 0 Å². The Morgan fingerprint density at radius 2 is 1.47 bits per heavy atom. The van der Waals surface area contributed by atoms with Crippen LogP contribution in [0.2, 0.25) is 0 Å². The van der Waals surface area contributed by atoms with E-state index >= 15 is 0 Å². The van der Waals surface area contributed by atoms with Crippen LogP contribution in [-0.4, -0.2) is 0 Å². The lowest BCUT2D eigenvalue weighted by molar-refractivity contribution is 1.82. The van der Waals surface area contributed by atoms with Gasteiger partial charge in [0, 0.05) is 20.2 Å². The third kappa shape index (κ3) is 1.23. The molecule has 0 spiro atoms. The van der Waals surface area contributed by atoms with Crippen molar-refractivity contribution in [2.24, 2.45) is 0 Å². The second-order valence-electron chi connectivity index (χ2n) is 3.51. The molecule has 1 heterocycles. The highest BCUT2D eigenvalue weighted by molar-refractivity contribution is 7.26. The average Bonchev–Trinajstić information content (AvgIpc) is 3.04. The van der Waals surface area contributed by atoms with Crippen molar-refractivity contribution in [2.45, 2.75) is 0 Å². The quantitative estimate of drug-likeness (QED) is 0.398. The van der Waals surface area contributed by atoms with Gasteiger partial charge in [0.05, 0.1) is 13.7 Å². The highest BCUT2D eigenvalue weighted by Crippen LogP contribution is 2.37. The number of rotatable bonds is 0. The lowest BCUT2D eigenvalue weighted by Gasteiger charge is -1.98. The van der Waals surface area contributed by atoms with Crippen LogP contribution in [0.4, 0.5) is 0 Å². The molecule has 3 aromatic carbocycles. The summed E-state index contributed by atoms with van der Waals surface area (Å²) in [5.41, 5.74) is 0. The van der Waals surface area contributed by atoms with Crippen molar-refractivity contribution >= 4 is 42.3 Å². The maximum absolute atomic E-state index is 8.37. The molecule has 0 fully saturated rings. The Kier molecular flexibility index (Phi) is 0.745. The fourth-order valence-electron chi connectivity index (χ4n) is 1.82. The number of hydrogen-bond donors (Lipinski definition) is 0. The summed E-state index contributed by atoms with van der Waals surface area (Å²) in [7, 11) is 0. The molecule has 0 N–H and O–H groups in total. The van der Waals surface area contributed by atoms with Gasteiger partial charge in [0.1, 0.15) is 0 Å². The summed E-state index contributed by atoms with van der Waals surface area (Å²) < 4.78 is 81.3. The van der Waals surface area contributed by atoms with Crippen molar-refractivity contribution in [3.63, 3.8) is 0 Å². The molecule has 4 aromatic rings. The van der Waals surface area contributed by atoms with E-state index in [9.17, 15) is 0 Å². The lowest BCUT2D eigenvalue weighted by Crippen LogP contribution is -1.71. The largest absolute Gasteiger partial charge is 0.135 e. The fraction of sp³-hybridized carbons (Fsp3) is 0. The van der Waals surface area contributed by atoms with Gasteiger partial charge in [-0.15, -0.1) is 11.3 Å². The van der Waals surface area contributed by atoms with Gasteiger partial charge in [0.2, 0.25) is 0 Å². The zero-order valence-electron chi connectivity index (χ0n) is 18.4. The van der Waals surface area contributed by atoms with Crippen LogP contribution in [0.1, 0.15) is 13.7 Å². The van der Waals surface area contributed by atoms with Gasteiger partial charge >= 0.3 is 0 Å². The molecule has 0 aliphatic rings. The molecule has 0 amide bonds. The first kappa shape index (κ1) is 3.82. The summed E-state index contributed by atoms with van der Waals surface area (Å²) in [6.07, 6.45) is 0. The Morgan fingerprint density at radius 3 is 2.41 bits per heavy atom. The molecule has 0 radical (unpaired) electrons. The van der Waals surface area contributed by atoms with E-state index in [-0.39, 0.29) is 55.1 Å². The molecule has 1 aromatic heterocycles. The maximum atomic E-state index is 8.37. The van der Waals surface area contributed by atoms with E-state index < -0.39 is 36.3 Å². The first-order valence-corrected chi connectivity index (χ1v) is 5.72. The third-order valence-electron chi connectivity index (χ3n) is 2.56. The molecule has 80 valence electrons. The Balaban J connectivity index is 2.47. The standard InChI is InChI=1S/C16H10S/c1-2-6-12-11(5-1)9-10-14-13-7-3-4-8-15(13)17-16(12)14/h1-10H/i1D,2D,3D,4D,5D,6D,7D,8D,9D,10D. The Bertz CT molecular complexity index is 1320. The second-order valence-corrected chi connectivity index (χ2v) is 4.53. The van der Waals surface area contributed by atoms with Crippen molar-refractivity contribution in [3.05, 3.63) is 60.4 Å². The topological polar surface area (TPSA) is 0 Å². The predicted octanol–water partition coefficient (Wildman–Crippen LogP) is 5.21. The zero-order chi connectivity index (χ0) is 19.9. The van der Waals surface area contributed by atoms with Crippen molar-refractivity contribution in [2.75, 3.05) is 0 Å². The molecule has 0 bridgehead atoms. The summed E-state index contributed by atoms with van der Waals surface area (Å²) in [6.45, 7) is 0. The minimum Gasteiger partial charge on any atom is -0.135 e. The van der Waals surface area contributed by atoms with Gasteiger partial charge in [-0.2, -0.15) is 0 Å². The molecule has 0 saturated carbocycles. The van der Waals surface area contributed by atoms with E-state index in [0.717, 1.165) is 11.3 Å². The molecule has 0 nitrogen and oxygen atoms in total. The minimum atomic E-state index is -0.495.